The number of aromatic amines is 1. The molecule has 6 nitrogen and oxygen atoms in total. The lowest BCUT2D eigenvalue weighted by Gasteiger charge is -2.11. The van der Waals surface area contributed by atoms with Gasteiger partial charge in [0.05, 0.1) is 22.5 Å². The fourth-order valence-electron chi connectivity index (χ4n) is 2.50. The van der Waals surface area contributed by atoms with Gasteiger partial charge in [0.2, 0.25) is 0 Å². The van der Waals surface area contributed by atoms with Crippen LogP contribution in [0.5, 0.6) is 11.5 Å². The summed E-state index contributed by atoms with van der Waals surface area (Å²) in [4.78, 5) is 10.5. The summed E-state index contributed by atoms with van der Waals surface area (Å²) in [5, 5.41) is 16.5. The van der Waals surface area contributed by atoms with E-state index in [0.717, 1.165) is 22.5 Å². The summed E-state index contributed by atoms with van der Waals surface area (Å²) in [6.45, 7) is 3.52. The number of nitrogens with zero attached hydrogens (tertiary/aromatic N) is 1. The lowest BCUT2D eigenvalue weighted by Crippen LogP contribution is -2.09. The first-order valence-corrected chi connectivity index (χ1v) is 8.77. The largest absolute Gasteiger partial charge is 0.489 e. The van der Waals surface area contributed by atoms with Gasteiger partial charge in [0.15, 0.2) is 6.61 Å². The van der Waals surface area contributed by atoms with E-state index in [0.29, 0.717) is 16.5 Å². The molecule has 2 aromatic carbocycles. The van der Waals surface area contributed by atoms with Crippen LogP contribution in [0.3, 0.4) is 0 Å². The predicted molar refractivity (Wildman–Crippen MR) is 103 cm³/mol. The highest BCUT2D eigenvalue weighted by molar-refractivity contribution is 6.32. The summed E-state index contributed by atoms with van der Waals surface area (Å²) in [5.41, 5.74) is 3.37. The molecule has 1 heterocycles. The van der Waals surface area contributed by atoms with E-state index in [1.165, 1.54) is 0 Å². The molecule has 0 amide bonds. The lowest BCUT2D eigenvalue weighted by atomic mass is 10.1. The van der Waals surface area contributed by atoms with E-state index >= 15 is 0 Å². The van der Waals surface area contributed by atoms with Crippen LogP contribution in [0.2, 0.25) is 5.02 Å². The number of hydrogen-bond donors (Lipinski definition) is 2. The second kappa shape index (κ2) is 8.14. The molecule has 27 heavy (non-hydrogen) atoms. The second-order valence-electron chi connectivity index (χ2n) is 6.19. The van der Waals surface area contributed by atoms with Crippen molar-refractivity contribution in [2.45, 2.75) is 20.0 Å². The number of aromatic nitrogens is 2. The normalized spacial score (nSPS) is 10.8. The zero-order valence-electron chi connectivity index (χ0n) is 14.9. The zero-order valence-corrected chi connectivity index (χ0v) is 15.7. The zero-order chi connectivity index (χ0) is 19.4. The third kappa shape index (κ3) is 4.80. The van der Waals surface area contributed by atoms with Crippen molar-refractivity contribution in [2.24, 2.45) is 0 Å². The van der Waals surface area contributed by atoms with Crippen LogP contribution in [0.4, 0.5) is 0 Å². The molecule has 0 aliphatic rings. The number of hydrogen-bond acceptors (Lipinski definition) is 4. The van der Waals surface area contributed by atoms with E-state index in [2.05, 4.69) is 10.2 Å². The Hall–Kier alpha value is -2.99. The van der Waals surface area contributed by atoms with Crippen LogP contribution in [0.25, 0.3) is 22.5 Å². The molecule has 0 radical (unpaired) electrons. The molecule has 0 fully saturated rings. The topological polar surface area (TPSA) is 84.4 Å². The molecular weight excluding hydrogens is 368 g/mol. The minimum atomic E-state index is -1.01. The molecule has 3 rings (SSSR count). The minimum absolute atomic E-state index is 0.0489. The van der Waals surface area contributed by atoms with Gasteiger partial charge in [0, 0.05) is 5.56 Å². The van der Waals surface area contributed by atoms with Gasteiger partial charge in [0.25, 0.3) is 0 Å². The summed E-state index contributed by atoms with van der Waals surface area (Å²) >= 11 is 6.30. The van der Waals surface area contributed by atoms with Crippen molar-refractivity contribution in [1.82, 2.24) is 10.2 Å². The fraction of sp³-hybridized carbons (Fsp3) is 0.200. The van der Waals surface area contributed by atoms with Crippen LogP contribution >= 0.6 is 11.6 Å². The molecule has 1 aromatic heterocycles. The standard InChI is InChI=1S/C20H19ClN2O4/c1-12(2)27-19-8-5-14(9-16(19)21)18-10-17(22-23-18)13-3-6-15(7-4-13)26-11-20(24)25/h3-10,12H,11H2,1-2H3,(H,22,23)(H,24,25). The minimum Gasteiger partial charge on any atom is -0.489 e. The molecule has 2 N–H and O–H groups in total. The molecule has 7 heteroatoms. The van der Waals surface area contributed by atoms with E-state index in [1.54, 1.807) is 12.1 Å². The lowest BCUT2D eigenvalue weighted by molar-refractivity contribution is -0.139. The smallest absolute Gasteiger partial charge is 0.341 e. The average Bonchev–Trinajstić information content (AvgIpc) is 3.12. The van der Waals surface area contributed by atoms with Crippen molar-refractivity contribution in [3.8, 4) is 34.0 Å². The highest BCUT2D eigenvalue weighted by Crippen LogP contribution is 2.32. The third-order valence-corrected chi connectivity index (χ3v) is 3.99. The fourth-order valence-corrected chi connectivity index (χ4v) is 2.73. The Morgan fingerprint density at radius 2 is 1.85 bits per heavy atom. The molecule has 0 aliphatic carbocycles. The monoisotopic (exact) mass is 386 g/mol. The number of carbonyl (C=O) groups is 1. The molecule has 0 bridgehead atoms. The van der Waals surface area contributed by atoms with E-state index in [1.807, 2.05) is 50.2 Å². The van der Waals surface area contributed by atoms with Crippen molar-refractivity contribution in [3.05, 3.63) is 53.6 Å². The van der Waals surface area contributed by atoms with Crippen LogP contribution in [0.1, 0.15) is 13.8 Å². The van der Waals surface area contributed by atoms with Gasteiger partial charge in [-0.05, 0) is 67.9 Å². The second-order valence-corrected chi connectivity index (χ2v) is 6.59. The van der Waals surface area contributed by atoms with Gasteiger partial charge < -0.3 is 14.6 Å². The summed E-state index contributed by atoms with van der Waals surface area (Å²) in [6, 6.07) is 14.6. The first-order chi connectivity index (χ1) is 12.9. The Morgan fingerprint density at radius 3 is 2.48 bits per heavy atom. The first kappa shape index (κ1) is 18.8. The van der Waals surface area contributed by atoms with Gasteiger partial charge in [-0.3, -0.25) is 5.10 Å². The van der Waals surface area contributed by atoms with E-state index in [4.69, 9.17) is 26.2 Å². The van der Waals surface area contributed by atoms with Crippen LogP contribution in [-0.4, -0.2) is 34.0 Å². The molecule has 0 unspecified atom stereocenters. The maximum absolute atomic E-state index is 10.5. The number of ether oxygens (including phenoxy) is 2. The van der Waals surface area contributed by atoms with Crippen LogP contribution < -0.4 is 9.47 Å². The van der Waals surface area contributed by atoms with Crippen molar-refractivity contribution in [3.63, 3.8) is 0 Å². The van der Waals surface area contributed by atoms with Crippen LogP contribution in [0, 0.1) is 0 Å². The highest BCUT2D eigenvalue weighted by Gasteiger charge is 2.10. The van der Waals surface area contributed by atoms with E-state index in [9.17, 15) is 4.79 Å². The highest BCUT2D eigenvalue weighted by atomic mass is 35.5. The maximum Gasteiger partial charge on any atom is 0.341 e. The molecule has 0 saturated heterocycles. The number of carboxylic acids is 1. The Bertz CT molecular complexity index is 935. The maximum atomic E-state index is 10.5. The van der Waals surface area contributed by atoms with Gasteiger partial charge >= 0.3 is 5.97 Å². The molecule has 0 spiro atoms. The van der Waals surface area contributed by atoms with E-state index in [-0.39, 0.29) is 12.7 Å². The van der Waals surface area contributed by atoms with Gasteiger partial charge in [-0.15, -0.1) is 0 Å². The Labute approximate surface area is 161 Å². The Kier molecular flexibility index (Phi) is 5.66. The van der Waals surface area contributed by atoms with E-state index < -0.39 is 5.97 Å². The molecule has 0 aliphatic heterocycles. The molecule has 0 atom stereocenters. The number of carboxylic acid groups (broad SMARTS) is 1. The van der Waals surface area contributed by atoms with Gasteiger partial charge in [0.1, 0.15) is 11.5 Å². The van der Waals surface area contributed by atoms with Crippen molar-refractivity contribution in [2.75, 3.05) is 6.61 Å². The summed E-state index contributed by atoms with van der Waals surface area (Å²) in [6.07, 6.45) is 0.0489. The number of H-pyrrole nitrogens is 1. The summed E-state index contributed by atoms with van der Waals surface area (Å²) in [7, 11) is 0. The number of aliphatic carboxylic acids is 1. The van der Waals surface area contributed by atoms with Gasteiger partial charge in [-0.1, -0.05) is 11.6 Å². The van der Waals surface area contributed by atoms with Crippen LogP contribution in [0.15, 0.2) is 48.5 Å². The number of nitrogens with one attached hydrogen (secondary N) is 1. The van der Waals surface area contributed by atoms with Crippen molar-refractivity contribution in [1.29, 1.82) is 0 Å². The SMILES string of the molecule is CC(C)Oc1ccc(-c2cc(-c3ccc(OCC(=O)O)cc3)[nH]n2)cc1Cl. The Morgan fingerprint density at radius 1 is 1.15 bits per heavy atom. The molecule has 0 saturated carbocycles. The molecule has 3 aromatic rings. The van der Waals surface area contributed by atoms with Crippen molar-refractivity contribution >= 4 is 17.6 Å². The van der Waals surface area contributed by atoms with Gasteiger partial charge in [-0.25, -0.2) is 4.79 Å². The first-order valence-electron chi connectivity index (χ1n) is 8.39. The number of halogens is 1. The third-order valence-electron chi connectivity index (χ3n) is 3.70. The number of rotatable bonds is 7. The average molecular weight is 387 g/mol. The summed E-state index contributed by atoms with van der Waals surface area (Å²) in [5.74, 6) is 0.122. The van der Waals surface area contributed by atoms with Crippen LogP contribution in [-0.2, 0) is 4.79 Å². The molecule has 140 valence electrons. The quantitative estimate of drug-likeness (QED) is 0.617. The number of benzene rings is 2. The predicted octanol–water partition coefficient (Wildman–Crippen LogP) is 4.65. The van der Waals surface area contributed by atoms with Gasteiger partial charge in [-0.2, -0.15) is 5.10 Å². The molecular formula is C20H19ClN2O4. The Balaban J connectivity index is 1.76. The summed E-state index contributed by atoms with van der Waals surface area (Å²) < 4.78 is 10.8. The van der Waals surface area contributed by atoms with Crippen molar-refractivity contribution < 1.29 is 19.4 Å².